The number of Topliss-reactive ketones (excluding diaryl/α,β-unsaturated/α-hetero) is 1. The van der Waals surface area contributed by atoms with E-state index in [-0.39, 0.29) is 41.5 Å². The van der Waals surface area contributed by atoms with Gasteiger partial charge in [0.1, 0.15) is 29.7 Å². The van der Waals surface area contributed by atoms with E-state index in [1.807, 2.05) is 6.20 Å². The first-order valence-corrected chi connectivity index (χ1v) is 16.7. The molecule has 0 saturated carbocycles. The van der Waals surface area contributed by atoms with Gasteiger partial charge in [0.25, 0.3) is 0 Å². The zero-order valence-corrected chi connectivity index (χ0v) is 25.0. The van der Waals surface area contributed by atoms with Crippen molar-refractivity contribution in [1.29, 1.82) is 0 Å². The Morgan fingerprint density at radius 1 is 1.10 bits per heavy atom. The number of benzene rings is 2. The topological polar surface area (TPSA) is 62.6 Å². The summed E-state index contributed by atoms with van der Waals surface area (Å²) in [4.78, 5) is 17.0. The third-order valence-corrected chi connectivity index (χ3v) is 8.64. The van der Waals surface area contributed by atoms with Gasteiger partial charge < -0.3 is 18.8 Å². The SMILES string of the molecule is C[Si](C)CCOCn1cc(-c2ccc(F)cc2)c2c(Oc3c(F)cc(CC(=O)CCC4(C)COC4)cc3F)ccnc21. The molecule has 0 N–H and O–H groups in total. The van der Waals surface area contributed by atoms with Gasteiger partial charge in [-0.1, -0.05) is 32.2 Å². The summed E-state index contributed by atoms with van der Waals surface area (Å²) in [6.45, 7) is 8.55. The molecule has 3 heterocycles. The van der Waals surface area contributed by atoms with Gasteiger partial charge in [-0.25, -0.2) is 18.2 Å². The van der Waals surface area contributed by atoms with Crippen molar-refractivity contribution in [3.05, 3.63) is 77.9 Å². The van der Waals surface area contributed by atoms with Crippen LogP contribution in [0.15, 0.2) is 54.9 Å². The van der Waals surface area contributed by atoms with Crippen LogP contribution in [-0.2, 0) is 27.4 Å². The Labute approximate surface area is 245 Å². The van der Waals surface area contributed by atoms with Gasteiger partial charge in [0.15, 0.2) is 17.4 Å². The van der Waals surface area contributed by atoms with Crippen LogP contribution in [-0.4, -0.2) is 44.0 Å². The van der Waals surface area contributed by atoms with Gasteiger partial charge in [-0.2, -0.15) is 0 Å². The van der Waals surface area contributed by atoms with Crippen molar-refractivity contribution in [2.45, 2.75) is 52.1 Å². The highest BCUT2D eigenvalue weighted by Gasteiger charge is 2.33. The predicted molar refractivity (Wildman–Crippen MR) is 157 cm³/mol. The van der Waals surface area contributed by atoms with E-state index in [0.717, 1.165) is 18.2 Å². The van der Waals surface area contributed by atoms with Crippen LogP contribution in [0.1, 0.15) is 25.3 Å². The number of hydrogen-bond donors (Lipinski definition) is 0. The lowest BCUT2D eigenvalue weighted by atomic mass is 9.82. The Kier molecular flexibility index (Phi) is 9.15. The van der Waals surface area contributed by atoms with E-state index in [2.05, 4.69) is 25.0 Å². The zero-order chi connectivity index (χ0) is 29.9. The molecular weight excluding hydrogens is 561 g/mol. The molecule has 1 fully saturated rings. The molecule has 2 aromatic carbocycles. The Bertz CT molecular complexity index is 1550. The predicted octanol–water partition coefficient (Wildman–Crippen LogP) is 7.57. The number of fused-ring (bicyclic) bond motifs is 1. The first kappa shape index (κ1) is 30.0. The smallest absolute Gasteiger partial charge is 0.198 e. The number of carbonyl (C=O) groups excluding carboxylic acids is 1. The second-order valence-corrected chi connectivity index (χ2v) is 14.4. The molecule has 0 bridgehead atoms. The van der Waals surface area contributed by atoms with Crippen LogP contribution in [0, 0.1) is 22.9 Å². The molecule has 0 aliphatic carbocycles. The van der Waals surface area contributed by atoms with Crippen LogP contribution in [0.2, 0.25) is 19.1 Å². The van der Waals surface area contributed by atoms with Gasteiger partial charge in [0.2, 0.25) is 0 Å². The van der Waals surface area contributed by atoms with E-state index in [0.29, 0.717) is 54.8 Å². The standard InChI is InChI=1S/C32H34F3N2O4Si/c1-32(18-40-19-32)10-8-24(38)14-21-15-26(34)30(27(35)16-21)41-28-9-11-36-31-29(28)25(22-4-6-23(33)7-5-22)17-37(31)20-39-12-13-42(2)3/h4-7,9,11,15-17H,8,10,12-14,18-20H2,1-3H3. The lowest BCUT2D eigenvalue weighted by Crippen LogP contribution is -2.40. The quantitative estimate of drug-likeness (QED) is 0.118. The van der Waals surface area contributed by atoms with Gasteiger partial charge in [-0.15, -0.1) is 0 Å². The van der Waals surface area contributed by atoms with Gasteiger partial charge in [0, 0.05) is 51.6 Å². The molecule has 10 heteroatoms. The van der Waals surface area contributed by atoms with Crippen molar-refractivity contribution in [1.82, 2.24) is 9.55 Å². The maximum absolute atomic E-state index is 15.3. The molecule has 0 atom stereocenters. The molecule has 6 nitrogen and oxygen atoms in total. The minimum Gasteiger partial charge on any atom is -0.450 e. The molecule has 5 rings (SSSR count). The molecule has 2 aromatic heterocycles. The summed E-state index contributed by atoms with van der Waals surface area (Å²) in [7, 11) is -0.438. The number of aromatic nitrogens is 2. The fourth-order valence-corrected chi connectivity index (χ4v) is 5.48. The molecule has 221 valence electrons. The summed E-state index contributed by atoms with van der Waals surface area (Å²) in [5, 5.41) is 0.509. The number of ether oxygens (including phenoxy) is 3. The molecule has 1 radical (unpaired) electrons. The van der Waals surface area contributed by atoms with E-state index in [4.69, 9.17) is 14.2 Å². The average molecular weight is 596 g/mol. The monoisotopic (exact) mass is 595 g/mol. The molecule has 1 aliphatic heterocycles. The summed E-state index contributed by atoms with van der Waals surface area (Å²) in [5.41, 5.74) is 2.08. The van der Waals surface area contributed by atoms with Crippen LogP contribution in [0.5, 0.6) is 11.5 Å². The average Bonchev–Trinajstić information content (AvgIpc) is 3.30. The number of hydrogen-bond acceptors (Lipinski definition) is 5. The minimum atomic E-state index is -0.912. The summed E-state index contributed by atoms with van der Waals surface area (Å²) in [6.07, 6.45) is 4.25. The van der Waals surface area contributed by atoms with Crippen molar-refractivity contribution < 1.29 is 32.2 Å². The zero-order valence-electron chi connectivity index (χ0n) is 24.0. The lowest BCUT2D eigenvalue weighted by Gasteiger charge is -2.37. The highest BCUT2D eigenvalue weighted by molar-refractivity contribution is 6.55. The van der Waals surface area contributed by atoms with E-state index in [1.54, 1.807) is 16.7 Å². The maximum atomic E-state index is 15.3. The van der Waals surface area contributed by atoms with Crippen LogP contribution in [0.25, 0.3) is 22.2 Å². The fourth-order valence-electron chi connectivity index (χ4n) is 4.93. The van der Waals surface area contributed by atoms with Crippen LogP contribution < -0.4 is 4.74 Å². The highest BCUT2D eigenvalue weighted by Crippen LogP contribution is 2.39. The Morgan fingerprint density at radius 2 is 1.81 bits per heavy atom. The normalized spacial score (nSPS) is 14.4. The molecule has 1 saturated heterocycles. The first-order chi connectivity index (χ1) is 20.1. The minimum absolute atomic E-state index is 0.00715. The summed E-state index contributed by atoms with van der Waals surface area (Å²) in [5.74, 6) is -2.69. The van der Waals surface area contributed by atoms with Crippen molar-refractivity contribution in [3.8, 4) is 22.6 Å². The maximum Gasteiger partial charge on any atom is 0.198 e. The Morgan fingerprint density at radius 3 is 2.45 bits per heavy atom. The van der Waals surface area contributed by atoms with Gasteiger partial charge in [-0.3, -0.25) is 4.79 Å². The molecular formula is C32H34F3N2O4Si. The van der Waals surface area contributed by atoms with E-state index in [1.165, 1.54) is 24.4 Å². The van der Waals surface area contributed by atoms with Crippen LogP contribution >= 0.6 is 0 Å². The molecule has 0 amide bonds. The summed E-state index contributed by atoms with van der Waals surface area (Å²) in [6, 6.07) is 10.7. The number of pyridine rings is 1. The number of ketones is 1. The van der Waals surface area contributed by atoms with Crippen molar-refractivity contribution in [2.75, 3.05) is 19.8 Å². The second kappa shape index (κ2) is 12.8. The second-order valence-electron chi connectivity index (χ2n) is 11.5. The van der Waals surface area contributed by atoms with Gasteiger partial charge in [-0.05, 0) is 53.9 Å². The molecule has 0 spiro atoms. The highest BCUT2D eigenvalue weighted by atomic mass is 28.3. The molecule has 1 aliphatic rings. The molecule has 0 unspecified atom stereocenters. The third kappa shape index (κ3) is 6.94. The first-order valence-electron chi connectivity index (χ1n) is 14.0. The molecule has 42 heavy (non-hydrogen) atoms. The van der Waals surface area contributed by atoms with Crippen LogP contribution in [0.3, 0.4) is 0 Å². The third-order valence-electron chi connectivity index (χ3n) is 7.43. The molecule has 4 aromatic rings. The number of halogens is 3. The Hall–Kier alpha value is -3.47. The lowest BCUT2D eigenvalue weighted by molar-refractivity contribution is -0.125. The van der Waals surface area contributed by atoms with E-state index < -0.39 is 26.2 Å². The van der Waals surface area contributed by atoms with Crippen molar-refractivity contribution >= 4 is 25.6 Å². The number of carbonyl (C=O) groups is 1. The van der Waals surface area contributed by atoms with E-state index >= 15 is 8.78 Å². The van der Waals surface area contributed by atoms with Crippen molar-refractivity contribution in [2.24, 2.45) is 5.41 Å². The Balaban J connectivity index is 1.42. The van der Waals surface area contributed by atoms with E-state index in [9.17, 15) is 9.18 Å². The number of rotatable bonds is 13. The largest absolute Gasteiger partial charge is 0.450 e. The fraction of sp³-hybridized carbons (Fsp3) is 0.375. The van der Waals surface area contributed by atoms with Gasteiger partial charge >= 0.3 is 0 Å². The van der Waals surface area contributed by atoms with Crippen molar-refractivity contribution in [3.63, 3.8) is 0 Å². The van der Waals surface area contributed by atoms with Crippen LogP contribution in [0.4, 0.5) is 13.2 Å². The van der Waals surface area contributed by atoms with Gasteiger partial charge in [0.05, 0.1) is 18.6 Å². The number of nitrogens with zero attached hydrogens (tertiary/aromatic N) is 2. The summed E-state index contributed by atoms with van der Waals surface area (Å²) < 4.78 is 63.0. The summed E-state index contributed by atoms with van der Waals surface area (Å²) >= 11 is 0.